The van der Waals surface area contributed by atoms with Crippen LogP contribution < -0.4 is 0 Å². The summed E-state index contributed by atoms with van der Waals surface area (Å²) >= 11 is 0. The first-order chi connectivity index (χ1) is 13.0. The fraction of sp³-hybridized carbons (Fsp3) is 0.650. The van der Waals surface area contributed by atoms with Crippen molar-refractivity contribution in [1.29, 1.82) is 0 Å². The molecule has 0 bridgehead atoms. The molecule has 0 aliphatic carbocycles. The Hall–Kier alpha value is -1.28. The molecule has 2 rings (SSSR count). The number of fused-ring (bicyclic) bond motifs is 1. The van der Waals surface area contributed by atoms with E-state index in [2.05, 4.69) is 13.0 Å². The van der Waals surface area contributed by atoms with Crippen LogP contribution in [0.3, 0.4) is 0 Å². The van der Waals surface area contributed by atoms with Crippen LogP contribution in [0.15, 0.2) is 24.3 Å². The van der Waals surface area contributed by atoms with Crippen LogP contribution in [-0.2, 0) is 25.7 Å². The molecule has 0 spiro atoms. The lowest BCUT2D eigenvalue weighted by Crippen LogP contribution is -2.36. The lowest BCUT2D eigenvalue weighted by Gasteiger charge is -2.17. The van der Waals surface area contributed by atoms with Crippen LogP contribution in [0, 0.1) is 0 Å². The van der Waals surface area contributed by atoms with Crippen LogP contribution >= 0.6 is 0 Å². The number of unbranched alkanes of at least 4 members (excludes halogenated alkanes) is 5. The van der Waals surface area contributed by atoms with Crippen LogP contribution in [0.5, 0.6) is 0 Å². The van der Waals surface area contributed by atoms with E-state index >= 15 is 0 Å². The molecule has 0 radical (unpaired) electrons. The third-order valence-electron chi connectivity index (χ3n) is 4.69. The van der Waals surface area contributed by atoms with Gasteiger partial charge in [0.15, 0.2) is 18.9 Å². The SMILES string of the molecule is CCCCCCCCOCC(C[N+]1=Cc2ccccc2CC1)OS(=O)(=O)O. The Morgan fingerprint density at radius 2 is 1.89 bits per heavy atom. The van der Waals surface area contributed by atoms with Gasteiger partial charge >= 0.3 is 10.4 Å². The third kappa shape index (κ3) is 8.97. The first-order valence-electron chi connectivity index (χ1n) is 9.88. The highest BCUT2D eigenvalue weighted by molar-refractivity contribution is 7.80. The Morgan fingerprint density at radius 1 is 1.15 bits per heavy atom. The normalized spacial score (nSPS) is 15.3. The van der Waals surface area contributed by atoms with E-state index in [-0.39, 0.29) is 6.61 Å². The molecule has 1 aliphatic rings. The molecule has 0 fully saturated rings. The van der Waals surface area contributed by atoms with E-state index in [0.29, 0.717) is 13.2 Å². The van der Waals surface area contributed by atoms with Crippen LogP contribution in [0.25, 0.3) is 0 Å². The second-order valence-electron chi connectivity index (χ2n) is 7.06. The highest BCUT2D eigenvalue weighted by Gasteiger charge is 2.25. The van der Waals surface area contributed by atoms with E-state index in [1.165, 1.54) is 31.2 Å². The number of benzene rings is 1. The average molecular weight is 399 g/mol. The number of rotatable bonds is 13. The molecule has 152 valence electrons. The quantitative estimate of drug-likeness (QED) is 0.314. The number of nitrogens with zero attached hydrogens (tertiary/aromatic N) is 1. The minimum absolute atomic E-state index is 0.140. The third-order valence-corrected chi connectivity index (χ3v) is 5.20. The second kappa shape index (κ2) is 11.5. The molecule has 0 aromatic heterocycles. The molecule has 27 heavy (non-hydrogen) atoms. The molecule has 0 amide bonds. The van der Waals surface area contributed by atoms with Crippen molar-refractivity contribution >= 4 is 16.6 Å². The molecular formula is C20H32NO5S+. The van der Waals surface area contributed by atoms with Crippen molar-refractivity contribution in [2.75, 3.05) is 26.3 Å². The molecule has 1 aromatic carbocycles. The summed E-state index contributed by atoms with van der Waals surface area (Å²) in [6, 6.07) is 8.13. The Labute approximate surface area is 163 Å². The lowest BCUT2D eigenvalue weighted by molar-refractivity contribution is -0.532. The predicted molar refractivity (Wildman–Crippen MR) is 106 cm³/mol. The van der Waals surface area contributed by atoms with Gasteiger partial charge in [-0.15, -0.1) is 0 Å². The van der Waals surface area contributed by atoms with Gasteiger partial charge in [0.25, 0.3) is 0 Å². The summed E-state index contributed by atoms with van der Waals surface area (Å²) in [6.45, 7) is 4.03. The van der Waals surface area contributed by atoms with Gasteiger partial charge in [-0.05, 0) is 18.1 Å². The van der Waals surface area contributed by atoms with Crippen LogP contribution in [0.4, 0.5) is 0 Å². The van der Waals surface area contributed by atoms with Gasteiger partial charge in [0, 0.05) is 18.6 Å². The molecule has 1 atom stereocenters. The minimum Gasteiger partial charge on any atom is -0.378 e. The highest BCUT2D eigenvalue weighted by Crippen LogP contribution is 2.12. The van der Waals surface area contributed by atoms with Gasteiger partial charge in [0.05, 0.1) is 6.61 Å². The first kappa shape index (κ1) is 22.0. The first-order valence-corrected chi connectivity index (χ1v) is 11.2. The molecule has 1 heterocycles. The van der Waals surface area contributed by atoms with Gasteiger partial charge in [-0.2, -0.15) is 8.42 Å². The maximum atomic E-state index is 11.2. The second-order valence-corrected chi connectivity index (χ2v) is 8.11. The fourth-order valence-corrected chi connectivity index (χ4v) is 3.76. The van der Waals surface area contributed by atoms with Gasteiger partial charge in [0.1, 0.15) is 6.54 Å². The van der Waals surface area contributed by atoms with Crippen molar-refractivity contribution in [2.24, 2.45) is 0 Å². The average Bonchev–Trinajstić information content (AvgIpc) is 2.62. The molecule has 0 saturated heterocycles. The van der Waals surface area contributed by atoms with E-state index in [9.17, 15) is 8.42 Å². The van der Waals surface area contributed by atoms with Crippen molar-refractivity contribution in [3.8, 4) is 0 Å². The standard InChI is InChI=1S/C20H31NO5S/c1-2-3-4-5-6-9-14-25-17-20(26-27(22,23)24)16-21-13-12-18-10-7-8-11-19(18)15-21/h7-8,10-11,15,20H,2-6,9,12-14,16-17H2,1H3/p+1. The zero-order valence-corrected chi connectivity index (χ0v) is 17.0. The Kier molecular flexibility index (Phi) is 9.41. The summed E-state index contributed by atoms with van der Waals surface area (Å²) in [7, 11) is -4.51. The van der Waals surface area contributed by atoms with Gasteiger partial charge in [-0.25, -0.2) is 8.76 Å². The van der Waals surface area contributed by atoms with E-state index in [1.807, 2.05) is 29.0 Å². The van der Waals surface area contributed by atoms with Gasteiger partial charge in [0.2, 0.25) is 0 Å². The fourth-order valence-electron chi connectivity index (χ4n) is 3.30. The van der Waals surface area contributed by atoms with E-state index in [1.54, 1.807) is 0 Å². The smallest absolute Gasteiger partial charge is 0.378 e. The van der Waals surface area contributed by atoms with Crippen molar-refractivity contribution in [2.45, 2.75) is 58.0 Å². The van der Waals surface area contributed by atoms with Crippen molar-refractivity contribution < 1.29 is 26.5 Å². The molecule has 1 N–H and O–H groups in total. The monoisotopic (exact) mass is 398 g/mol. The maximum Gasteiger partial charge on any atom is 0.397 e. The van der Waals surface area contributed by atoms with Crippen LogP contribution in [0.2, 0.25) is 0 Å². The molecule has 6 nitrogen and oxygen atoms in total. The maximum absolute atomic E-state index is 11.2. The summed E-state index contributed by atoms with van der Waals surface area (Å²) in [5, 5.41) is 0. The molecule has 1 unspecified atom stereocenters. The Balaban J connectivity index is 1.81. The van der Waals surface area contributed by atoms with E-state index in [4.69, 9.17) is 13.5 Å². The van der Waals surface area contributed by atoms with Gasteiger partial charge < -0.3 is 4.74 Å². The molecule has 1 aromatic rings. The lowest BCUT2D eigenvalue weighted by atomic mass is 10.0. The predicted octanol–water partition coefficient (Wildman–Crippen LogP) is 3.24. The number of hydrogen-bond donors (Lipinski definition) is 1. The molecule has 1 aliphatic heterocycles. The highest BCUT2D eigenvalue weighted by atomic mass is 32.3. The summed E-state index contributed by atoms with van der Waals surface area (Å²) in [6.07, 6.45) is 9.16. The largest absolute Gasteiger partial charge is 0.397 e. The minimum atomic E-state index is -4.51. The van der Waals surface area contributed by atoms with Crippen molar-refractivity contribution in [3.05, 3.63) is 35.4 Å². The number of ether oxygens (including phenoxy) is 1. The molecule has 7 heteroatoms. The van der Waals surface area contributed by atoms with Gasteiger partial charge in [-0.3, -0.25) is 4.55 Å². The summed E-state index contributed by atoms with van der Waals surface area (Å²) in [4.78, 5) is 0. The zero-order valence-electron chi connectivity index (χ0n) is 16.2. The van der Waals surface area contributed by atoms with Crippen LogP contribution in [-0.4, -0.2) is 56.2 Å². The van der Waals surface area contributed by atoms with Crippen molar-refractivity contribution in [1.82, 2.24) is 0 Å². The topological polar surface area (TPSA) is 75.8 Å². The van der Waals surface area contributed by atoms with E-state index < -0.39 is 16.5 Å². The summed E-state index contributed by atoms with van der Waals surface area (Å²) in [5.74, 6) is 0. The summed E-state index contributed by atoms with van der Waals surface area (Å²) < 4.78 is 43.9. The number of hydrogen-bond acceptors (Lipinski definition) is 4. The summed E-state index contributed by atoms with van der Waals surface area (Å²) in [5.41, 5.74) is 2.41. The zero-order chi connectivity index (χ0) is 19.5. The molecule has 0 saturated carbocycles. The Bertz CT molecular complexity index is 702. The van der Waals surface area contributed by atoms with Gasteiger partial charge in [-0.1, -0.05) is 57.2 Å². The molecular weight excluding hydrogens is 366 g/mol. The van der Waals surface area contributed by atoms with Crippen molar-refractivity contribution in [3.63, 3.8) is 0 Å². The van der Waals surface area contributed by atoms with E-state index in [0.717, 1.165) is 31.4 Å². The van der Waals surface area contributed by atoms with Crippen LogP contribution in [0.1, 0.15) is 56.6 Å². The Morgan fingerprint density at radius 3 is 2.67 bits per heavy atom.